The van der Waals surface area contributed by atoms with E-state index in [4.69, 9.17) is 4.89 Å². The van der Waals surface area contributed by atoms with Gasteiger partial charge in [-0.3, -0.25) is 4.57 Å². The standard InChI is InChI=1S/C7H17O3P/c1-3-5-6-7-11(8,9)10-4-2/h3-7H2,1-2H3,(H,8,9). The third kappa shape index (κ3) is 6.54. The minimum atomic E-state index is -3.22. The molecule has 1 atom stereocenters. The first-order valence-electron chi connectivity index (χ1n) is 4.08. The van der Waals surface area contributed by atoms with Crippen LogP contribution < -0.4 is 0 Å². The van der Waals surface area contributed by atoms with Gasteiger partial charge in [-0.1, -0.05) is 19.8 Å². The molecule has 0 aromatic carbocycles. The van der Waals surface area contributed by atoms with Crippen molar-refractivity contribution in [2.24, 2.45) is 0 Å². The zero-order chi connectivity index (χ0) is 8.74. The van der Waals surface area contributed by atoms with Crippen LogP contribution in [0.4, 0.5) is 0 Å². The third-order valence-electron chi connectivity index (χ3n) is 1.38. The Morgan fingerprint density at radius 2 is 2.00 bits per heavy atom. The zero-order valence-electron chi connectivity index (χ0n) is 7.25. The molecule has 11 heavy (non-hydrogen) atoms. The lowest BCUT2D eigenvalue weighted by Crippen LogP contribution is -1.94. The summed E-state index contributed by atoms with van der Waals surface area (Å²) in [7, 11) is -3.22. The Morgan fingerprint density at radius 3 is 2.45 bits per heavy atom. The van der Waals surface area contributed by atoms with Gasteiger partial charge in [0.25, 0.3) is 0 Å². The van der Waals surface area contributed by atoms with E-state index < -0.39 is 7.60 Å². The van der Waals surface area contributed by atoms with Gasteiger partial charge in [0.2, 0.25) is 0 Å². The lowest BCUT2D eigenvalue weighted by molar-refractivity contribution is 0.273. The Morgan fingerprint density at radius 1 is 1.36 bits per heavy atom. The molecule has 0 heterocycles. The highest BCUT2D eigenvalue weighted by atomic mass is 31.2. The first kappa shape index (κ1) is 11.2. The van der Waals surface area contributed by atoms with E-state index in [2.05, 4.69) is 11.4 Å². The van der Waals surface area contributed by atoms with E-state index in [1.54, 1.807) is 6.92 Å². The van der Waals surface area contributed by atoms with Crippen molar-refractivity contribution in [3.05, 3.63) is 0 Å². The molecule has 0 spiro atoms. The summed E-state index contributed by atoms with van der Waals surface area (Å²) in [6.45, 7) is 4.10. The van der Waals surface area contributed by atoms with Crippen LogP contribution in [0.2, 0.25) is 0 Å². The molecule has 0 rings (SSSR count). The van der Waals surface area contributed by atoms with Crippen molar-refractivity contribution in [1.29, 1.82) is 0 Å². The van der Waals surface area contributed by atoms with Crippen LogP contribution in [-0.2, 0) is 9.09 Å². The maximum Gasteiger partial charge on any atom is 0.328 e. The third-order valence-corrected chi connectivity index (χ3v) is 2.92. The molecule has 0 aliphatic heterocycles. The van der Waals surface area contributed by atoms with Crippen LogP contribution in [0.15, 0.2) is 0 Å². The van der Waals surface area contributed by atoms with Gasteiger partial charge in [0.05, 0.1) is 6.61 Å². The summed E-state index contributed by atoms with van der Waals surface area (Å²) in [5.74, 6) is 0. The average Bonchev–Trinajstić information content (AvgIpc) is 1.87. The Kier molecular flexibility index (Phi) is 5.83. The van der Waals surface area contributed by atoms with E-state index in [9.17, 15) is 4.57 Å². The summed E-state index contributed by atoms with van der Waals surface area (Å²) in [6, 6.07) is 0. The van der Waals surface area contributed by atoms with Crippen LogP contribution in [0.5, 0.6) is 0 Å². The van der Waals surface area contributed by atoms with Crippen LogP contribution in [0.1, 0.15) is 33.1 Å². The largest absolute Gasteiger partial charge is 0.328 e. The minimum Gasteiger partial charge on any atom is -0.324 e. The van der Waals surface area contributed by atoms with Crippen molar-refractivity contribution in [1.82, 2.24) is 0 Å². The molecule has 0 bridgehead atoms. The molecule has 0 aromatic heterocycles. The molecule has 0 aliphatic carbocycles. The molecule has 0 amide bonds. The molecule has 0 radical (unpaired) electrons. The smallest absolute Gasteiger partial charge is 0.324 e. The van der Waals surface area contributed by atoms with E-state index in [0.29, 0.717) is 12.8 Å². The fraction of sp³-hybridized carbons (Fsp3) is 1.00. The van der Waals surface area contributed by atoms with Gasteiger partial charge in [0.1, 0.15) is 0 Å². The highest BCUT2D eigenvalue weighted by Crippen LogP contribution is 2.42. The molecule has 68 valence electrons. The number of rotatable bonds is 6. The van der Waals surface area contributed by atoms with E-state index >= 15 is 0 Å². The van der Waals surface area contributed by atoms with E-state index in [0.717, 1.165) is 19.3 Å². The summed E-state index contributed by atoms with van der Waals surface area (Å²) in [6.07, 6.45) is 3.14. The van der Waals surface area contributed by atoms with Crippen LogP contribution in [0.3, 0.4) is 0 Å². The predicted molar refractivity (Wildman–Crippen MR) is 45.8 cm³/mol. The van der Waals surface area contributed by atoms with Crippen LogP contribution in [0.25, 0.3) is 0 Å². The minimum absolute atomic E-state index is 0.300. The van der Waals surface area contributed by atoms with E-state index in [1.165, 1.54) is 0 Å². The van der Waals surface area contributed by atoms with Gasteiger partial charge in [-0.05, 0) is 13.3 Å². The molecule has 0 aliphatic rings. The molecule has 4 heteroatoms. The molecule has 0 aromatic rings. The van der Waals surface area contributed by atoms with Crippen molar-refractivity contribution < 1.29 is 14.0 Å². The van der Waals surface area contributed by atoms with Gasteiger partial charge in [0, 0.05) is 6.16 Å². The normalized spacial score (nSPS) is 16.3. The van der Waals surface area contributed by atoms with Crippen LogP contribution >= 0.6 is 7.60 Å². The molecule has 1 unspecified atom stereocenters. The molecule has 0 saturated carbocycles. The van der Waals surface area contributed by atoms with Crippen molar-refractivity contribution in [3.8, 4) is 0 Å². The first-order valence-corrected chi connectivity index (χ1v) is 5.85. The fourth-order valence-electron chi connectivity index (χ4n) is 0.828. The fourth-order valence-corrected chi connectivity index (χ4v) is 1.98. The molecule has 0 fully saturated rings. The second kappa shape index (κ2) is 5.76. The van der Waals surface area contributed by atoms with Crippen molar-refractivity contribution >= 4 is 7.60 Å². The summed E-state index contributed by atoms with van der Waals surface area (Å²) < 4.78 is 15.7. The second-order valence-electron chi connectivity index (χ2n) is 2.49. The summed E-state index contributed by atoms with van der Waals surface area (Å²) in [5, 5.41) is 0. The van der Waals surface area contributed by atoms with Gasteiger partial charge in [-0.2, -0.15) is 0 Å². The number of hydrogen-bond donors (Lipinski definition) is 1. The lowest BCUT2D eigenvalue weighted by atomic mass is 10.3. The van der Waals surface area contributed by atoms with Gasteiger partial charge in [-0.15, -0.1) is 0 Å². The second-order valence-corrected chi connectivity index (χ2v) is 4.47. The summed E-state index contributed by atoms with van der Waals surface area (Å²) in [4.78, 5) is 9.07. The average molecular weight is 180 g/mol. The van der Waals surface area contributed by atoms with E-state index in [1.807, 2.05) is 0 Å². The number of unbranched alkanes of at least 4 members (excludes halogenated alkanes) is 2. The predicted octanol–water partition coefficient (Wildman–Crippen LogP) is 2.40. The van der Waals surface area contributed by atoms with Gasteiger partial charge in [-0.25, -0.2) is 0 Å². The maximum atomic E-state index is 11.0. The molecular formula is C7H17O3P. The summed E-state index contributed by atoms with van der Waals surface area (Å²) in [5.41, 5.74) is 0. The van der Waals surface area contributed by atoms with E-state index in [-0.39, 0.29) is 0 Å². The lowest BCUT2D eigenvalue weighted by Gasteiger charge is -2.09. The maximum absolute atomic E-state index is 11.0. The van der Waals surface area contributed by atoms with Gasteiger partial charge >= 0.3 is 7.60 Å². The molecule has 3 nitrogen and oxygen atoms in total. The topological polar surface area (TPSA) is 46.5 Å². The Balaban J connectivity index is 3.47. The van der Waals surface area contributed by atoms with Gasteiger partial charge in [0.15, 0.2) is 0 Å². The Hall–Kier alpha value is 0.150. The highest BCUT2D eigenvalue weighted by molar-refractivity contribution is 7.52. The highest BCUT2D eigenvalue weighted by Gasteiger charge is 2.16. The van der Waals surface area contributed by atoms with Crippen molar-refractivity contribution in [2.75, 3.05) is 12.8 Å². The molecular weight excluding hydrogens is 163 g/mol. The Bertz CT molecular complexity index is 136. The summed E-state index contributed by atoms with van der Waals surface area (Å²) >= 11 is 0. The Labute approximate surface area is 68.3 Å². The molecule has 0 saturated heterocycles. The first-order chi connectivity index (χ1) is 5.12. The van der Waals surface area contributed by atoms with Crippen molar-refractivity contribution in [2.45, 2.75) is 33.1 Å². The zero-order valence-corrected chi connectivity index (χ0v) is 8.14. The number of hydrogen-bond acceptors (Lipinski definition) is 2. The van der Waals surface area contributed by atoms with Crippen LogP contribution in [-0.4, -0.2) is 17.7 Å². The SMILES string of the molecule is CCCCCP(=O)(O)OCC. The quantitative estimate of drug-likeness (QED) is 0.504. The monoisotopic (exact) mass is 180 g/mol. The van der Waals surface area contributed by atoms with Crippen molar-refractivity contribution in [3.63, 3.8) is 0 Å². The molecule has 1 N–H and O–H groups in total. The van der Waals surface area contributed by atoms with Crippen LogP contribution in [0, 0.1) is 0 Å². The van der Waals surface area contributed by atoms with Gasteiger partial charge < -0.3 is 9.42 Å².